The summed E-state index contributed by atoms with van der Waals surface area (Å²) < 4.78 is 16.3. The number of esters is 1. The van der Waals surface area contributed by atoms with E-state index in [4.69, 9.17) is 25.2 Å². The van der Waals surface area contributed by atoms with Crippen LogP contribution in [0.25, 0.3) is 0 Å². The molecular weight excluding hydrogens is 418 g/mol. The molecule has 0 aromatic rings. The summed E-state index contributed by atoms with van der Waals surface area (Å²) in [7, 11) is 0. The van der Waals surface area contributed by atoms with Crippen LogP contribution in [-0.2, 0) is 28.6 Å². The highest BCUT2D eigenvalue weighted by Gasteiger charge is 2.47. The summed E-state index contributed by atoms with van der Waals surface area (Å²) in [6.07, 6.45) is -6.74. The molecule has 1 aliphatic rings. The van der Waals surface area contributed by atoms with Crippen LogP contribution in [0.3, 0.4) is 0 Å². The van der Waals surface area contributed by atoms with Crippen molar-refractivity contribution < 1.29 is 54.2 Å². The van der Waals surface area contributed by atoms with Crippen molar-refractivity contribution in [3.05, 3.63) is 0 Å². The molecule has 0 aromatic heterocycles. The second kappa shape index (κ2) is 12.6. The lowest BCUT2D eigenvalue weighted by Gasteiger charge is -2.41. The Balaban J connectivity index is 2.66. The topological polar surface area (TPSA) is 198 Å². The molecule has 0 spiro atoms. The first-order chi connectivity index (χ1) is 14.4. The zero-order valence-corrected chi connectivity index (χ0v) is 18.0. The van der Waals surface area contributed by atoms with E-state index in [2.05, 4.69) is 4.84 Å². The van der Waals surface area contributed by atoms with Gasteiger partial charge < -0.3 is 39.7 Å². The number of carbonyl (C=O) groups is 2. The number of hydrogen-bond acceptors (Lipinski definition) is 11. The first kappa shape index (κ1) is 27.7. The van der Waals surface area contributed by atoms with Crippen molar-refractivity contribution in [2.75, 3.05) is 6.61 Å². The van der Waals surface area contributed by atoms with E-state index in [1.165, 1.54) is 6.92 Å². The van der Waals surface area contributed by atoms with Gasteiger partial charge in [0.05, 0.1) is 30.7 Å². The number of ether oxygens (including phenoxy) is 3. The molecule has 8 unspecified atom stereocenters. The normalized spacial score (nSPS) is 30.3. The van der Waals surface area contributed by atoms with E-state index >= 15 is 0 Å². The molecule has 1 aliphatic heterocycles. The lowest BCUT2D eigenvalue weighted by molar-refractivity contribution is -0.317. The largest absolute Gasteiger partial charge is 0.481 e. The second-order valence-corrected chi connectivity index (χ2v) is 8.28. The van der Waals surface area contributed by atoms with Crippen molar-refractivity contribution in [1.29, 1.82) is 0 Å². The van der Waals surface area contributed by atoms with Gasteiger partial charge in [-0.05, 0) is 40.0 Å². The van der Waals surface area contributed by atoms with Gasteiger partial charge >= 0.3 is 11.9 Å². The first-order valence-electron chi connectivity index (χ1n) is 10.2. The van der Waals surface area contributed by atoms with Gasteiger partial charge in [0.15, 0.2) is 6.29 Å². The molecule has 7 N–H and O–H groups in total. The second-order valence-electron chi connectivity index (χ2n) is 8.28. The monoisotopic (exact) mass is 453 g/mol. The van der Waals surface area contributed by atoms with Crippen LogP contribution in [-0.4, -0.2) is 92.6 Å². The summed E-state index contributed by atoms with van der Waals surface area (Å²) in [4.78, 5) is 27.4. The summed E-state index contributed by atoms with van der Waals surface area (Å²) in [5.74, 6) is 3.02. The zero-order valence-electron chi connectivity index (χ0n) is 18.0. The van der Waals surface area contributed by atoms with Crippen molar-refractivity contribution in [2.24, 2.45) is 5.90 Å². The van der Waals surface area contributed by atoms with Gasteiger partial charge in [0.2, 0.25) is 0 Å². The SMILES string of the molecule is CC(O)CCCC(C)OC1OC(COC(=O)CC(C)(O)CC(=O)O)C(ON)C(O)C1O. The minimum Gasteiger partial charge on any atom is -0.481 e. The number of hydrogen-bond donors (Lipinski definition) is 6. The van der Waals surface area contributed by atoms with E-state index in [1.54, 1.807) is 13.8 Å². The van der Waals surface area contributed by atoms with E-state index in [0.717, 1.165) is 0 Å². The van der Waals surface area contributed by atoms with Gasteiger partial charge in [-0.2, -0.15) is 0 Å². The van der Waals surface area contributed by atoms with Crippen molar-refractivity contribution in [2.45, 2.75) is 101 Å². The highest BCUT2D eigenvalue weighted by atomic mass is 16.7. The minimum absolute atomic E-state index is 0.365. The predicted octanol–water partition coefficient (Wildman–Crippen LogP) is -1.19. The van der Waals surface area contributed by atoms with E-state index < -0.39 is 73.8 Å². The van der Waals surface area contributed by atoms with Crippen LogP contribution in [0.4, 0.5) is 0 Å². The van der Waals surface area contributed by atoms with Crippen LogP contribution in [0.5, 0.6) is 0 Å². The van der Waals surface area contributed by atoms with Gasteiger partial charge in [-0.25, -0.2) is 5.90 Å². The Morgan fingerprint density at radius 2 is 1.81 bits per heavy atom. The molecule has 0 radical (unpaired) electrons. The van der Waals surface area contributed by atoms with Gasteiger partial charge in [0.1, 0.15) is 31.0 Å². The maximum absolute atomic E-state index is 12.0. The number of nitrogens with two attached hydrogens (primary N) is 1. The van der Waals surface area contributed by atoms with E-state index in [0.29, 0.717) is 19.3 Å². The van der Waals surface area contributed by atoms with Gasteiger partial charge in [0, 0.05) is 0 Å². The molecule has 12 heteroatoms. The Kier molecular flexibility index (Phi) is 11.2. The predicted molar refractivity (Wildman–Crippen MR) is 104 cm³/mol. The molecule has 0 aliphatic carbocycles. The molecular formula is C19H35NO11. The van der Waals surface area contributed by atoms with E-state index in [-0.39, 0.29) is 6.10 Å². The molecule has 1 rings (SSSR count). The molecule has 1 heterocycles. The Morgan fingerprint density at radius 3 is 2.35 bits per heavy atom. The number of carboxylic acids is 1. The van der Waals surface area contributed by atoms with Gasteiger partial charge in [-0.1, -0.05) is 0 Å². The Morgan fingerprint density at radius 1 is 1.16 bits per heavy atom. The lowest BCUT2D eigenvalue weighted by atomic mass is 9.98. The summed E-state index contributed by atoms with van der Waals surface area (Å²) in [5, 5.41) is 48.6. The number of aliphatic hydroxyl groups excluding tert-OH is 3. The smallest absolute Gasteiger partial charge is 0.308 e. The average molecular weight is 453 g/mol. The van der Waals surface area contributed by atoms with Crippen LogP contribution in [0, 0.1) is 0 Å². The van der Waals surface area contributed by atoms with Gasteiger partial charge in [-0.15, -0.1) is 0 Å². The molecule has 0 aromatic carbocycles. The van der Waals surface area contributed by atoms with Crippen LogP contribution in [0.2, 0.25) is 0 Å². The molecule has 0 saturated carbocycles. The summed E-state index contributed by atoms with van der Waals surface area (Å²) >= 11 is 0. The standard InChI is InChI=1S/C19H35NO11/c1-10(21)5-4-6-11(2)29-18-16(26)15(25)17(31-20)12(30-18)9-28-14(24)8-19(3,27)7-13(22)23/h10-12,15-18,21,25-27H,4-9,20H2,1-3H3,(H,22,23). The van der Waals surface area contributed by atoms with Crippen molar-refractivity contribution in [3.8, 4) is 0 Å². The zero-order chi connectivity index (χ0) is 23.8. The summed E-state index contributed by atoms with van der Waals surface area (Å²) in [6, 6.07) is 0. The molecule has 31 heavy (non-hydrogen) atoms. The third-order valence-corrected chi connectivity index (χ3v) is 4.86. The molecule has 12 nitrogen and oxygen atoms in total. The van der Waals surface area contributed by atoms with Crippen molar-refractivity contribution in [1.82, 2.24) is 0 Å². The average Bonchev–Trinajstić information content (AvgIpc) is 2.62. The van der Waals surface area contributed by atoms with E-state index in [9.17, 15) is 30.0 Å². The molecule has 0 amide bonds. The highest BCUT2D eigenvalue weighted by Crippen LogP contribution is 2.26. The lowest BCUT2D eigenvalue weighted by Crippen LogP contribution is -2.61. The number of carbonyl (C=O) groups excluding carboxylic acids is 1. The van der Waals surface area contributed by atoms with Gasteiger partial charge in [0.25, 0.3) is 0 Å². The third kappa shape index (κ3) is 9.74. The Hall–Kier alpha value is -1.38. The summed E-state index contributed by atoms with van der Waals surface area (Å²) in [6.45, 7) is 4.17. The first-order valence-corrected chi connectivity index (χ1v) is 10.2. The quantitative estimate of drug-likeness (QED) is 0.144. The van der Waals surface area contributed by atoms with Crippen LogP contribution in [0.1, 0.15) is 52.9 Å². The van der Waals surface area contributed by atoms with Crippen LogP contribution in [0.15, 0.2) is 0 Å². The van der Waals surface area contributed by atoms with E-state index in [1.807, 2.05) is 0 Å². The molecule has 182 valence electrons. The molecule has 8 atom stereocenters. The molecule has 1 saturated heterocycles. The van der Waals surface area contributed by atoms with Crippen molar-refractivity contribution >= 4 is 11.9 Å². The van der Waals surface area contributed by atoms with Crippen LogP contribution < -0.4 is 5.90 Å². The van der Waals surface area contributed by atoms with Gasteiger partial charge in [-0.3, -0.25) is 14.4 Å². The minimum atomic E-state index is -1.80. The Labute approximate surface area is 180 Å². The van der Waals surface area contributed by atoms with Crippen molar-refractivity contribution in [3.63, 3.8) is 0 Å². The van der Waals surface area contributed by atoms with Crippen LogP contribution >= 0.6 is 0 Å². The number of rotatable bonds is 13. The fourth-order valence-corrected chi connectivity index (χ4v) is 3.24. The number of carboxylic acid groups (broad SMARTS) is 1. The molecule has 1 fully saturated rings. The fraction of sp³-hybridized carbons (Fsp3) is 0.895. The number of aliphatic carboxylic acids is 1. The third-order valence-electron chi connectivity index (χ3n) is 4.86. The maximum atomic E-state index is 12.0. The maximum Gasteiger partial charge on any atom is 0.308 e. The summed E-state index contributed by atoms with van der Waals surface area (Å²) in [5.41, 5.74) is -1.80. The molecule has 0 bridgehead atoms. The highest BCUT2D eigenvalue weighted by molar-refractivity contribution is 5.73. The Bertz CT molecular complexity index is 571. The fourth-order valence-electron chi connectivity index (χ4n) is 3.24. The number of aliphatic hydroxyl groups is 4.